The quantitative estimate of drug-likeness (QED) is 0.753. The van der Waals surface area contributed by atoms with Crippen LogP contribution >= 0.6 is 0 Å². The fourth-order valence-corrected chi connectivity index (χ4v) is 1.02. The third-order valence-electron chi connectivity index (χ3n) is 2.04. The van der Waals surface area contributed by atoms with Crippen molar-refractivity contribution in [3.8, 4) is 0 Å². The molecule has 15 heavy (non-hydrogen) atoms. The Morgan fingerprint density at radius 1 is 1.73 bits per heavy atom. The molecule has 3 N–H and O–H groups in total. The second kappa shape index (κ2) is 5.31. The molecular weight excluding hydrogens is 194 g/mol. The average molecular weight is 209 g/mol. The third kappa shape index (κ3) is 3.21. The molecule has 1 rings (SSSR count). The molecular formula is C10H15N3O2. The molecule has 0 bridgehead atoms. The summed E-state index contributed by atoms with van der Waals surface area (Å²) in [6, 6.07) is 3.31. The van der Waals surface area contributed by atoms with Crippen molar-refractivity contribution in [2.45, 2.75) is 13.0 Å². The van der Waals surface area contributed by atoms with E-state index in [1.165, 1.54) is 0 Å². The molecule has 1 heterocycles. The van der Waals surface area contributed by atoms with Crippen LogP contribution in [0.4, 0.5) is 5.82 Å². The van der Waals surface area contributed by atoms with Gasteiger partial charge in [0, 0.05) is 19.9 Å². The van der Waals surface area contributed by atoms with E-state index in [4.69, 9.17) is 10.5 Å². The predicted molar refractivity (Wildman–Crippen MR) is 57.5 cm³/mol. The summed E-state index contributed by atoms with van der Waals surface area (Å²) in [5.74, 6) is 0.00423. The van der Waals surface area contributed by atoms with Gasteiger partial charge in [-0.2, -0.15) is 0 Å². The molecule has 1 amide bonds. The molecule has 1 unspecified atom stereocenters. The topological polar surface area (TPSA) is 77.2 Å². The van der Waals surface area contributed by atoms with Crippen molar-refractivity contribution in [3.63, 3.8) is 0 Å². The van der Waals surface area contributed by atoms with Crippen LogP contribution < -0.4 is 11.1 Å². The molecule has 1 aromatic heterocycles. The van der Waals surface area contributed by atoms with E-state index in [0.717, 1.165) is 0 Å². The van der Waals surface area contributed by atoms with Crippen molar-refractivity contribution >= 4 is 11.7 Å². The van der Waals surface area contributed by atoms with E-state index in [-0.39, 0.29) is 17.8 Å². The summed E-state index contributed by atoms with van der Waals surface area (Å²) in [7, 11) is 1.59. The number of ether oxygens (including phenoxy) is 1. The van der Waals surface area contributed by atoms with Gasteiger partial charge in [0.05, 0.1) is 11.7 Å². The highest BCUT2D eigenvalue weighted by Gasteiger charge is 2.10. The average Bonchev–Trinajstić information content (AvgIpc) is 2.26. The van der Waals surface area contributed by atoms with Gasteiger partial charge in [-0.3, -0.25) is 4.79 Å². The maximum Gasteiger partial charge on any atom is 0.255 e. The number of nitrogens with two attached hydrogens (primary N) is 1. The van der Waals surface area contributed by atoms with Crippen LogP contribution in [0.15, 0.2) is 18.3 Å². The first-order chi connectivity index (χ1) is 7.15. The van der Waals surface area contributed by atoms with E-state index in [1.54, 1.807) is 25.4 Å². The highest BCUT2D eigenvalue weighted by molar-refractivity contribution is 5.98. The molecule has 0 radical (unpaired) electrons. The number of anilines is 1. The monoisotopic (exact) mass is 209 g/mol. The summed E-state index contributed by atoms with van der Waals surface area (Å²) in [5, 5.41) is 2.71. The predicted octanol–water partition coefficient (Wildman–Crippen LogP) is 0.429. The summed E-state index contributed by atoms with van der Waals surface area (Å²) in [6.45, 7) is 2.32. The molecule has 82 valence electrons. The Bertz CT molecular complexity index is 341. The Morgan fingerprint density at radius 2 is 2.47 bits per heavy atom. The number of nitrogens with zero attached hydrogens (tertiary/aromatic N) is 1. The minimum Gasteiger partial charge on any atom is -0.383 e. The summed E-state index contributed by atoms with van der Waals surface area (Å²) in [6.07, 6.45) is 1.52. The second-order valence-electron chi connectivity index (χ2n) is 3.19. The molecule has 5 nitrogen and oxygen atoms in total. The number of methoxy groups -OCH3 is 1. The smallest absolute Gasteiger partial charge is 0.255 e. The van der Waals surface area contributed by atoms with Crippen molar-refractivity contribution in [1.82, 2.24) is 10.3 Å². The number of nitrogen functional groups attached to an aromatic ring is 1. The SMILES string of the molecule is COC(C)CNC(=O)c1cccnc1N. The van der Waals surface area contributed by atoms with E-state index < -0.39 is 0 Å². The highest BCUT2D eigenvalue weighted by atomic mass is 16.5. The summed E-state index contributed by atoms with van der Waals surface area (Å²) >= 11 is 0. The molecule has 0 spiro atoms. The minimum atomic E-state index is -0.232. The fourth-order valence-electron chi connectivity index (χ4n) is 1.02. The lowest BCUT2D eigenvalue weighted by Gasteiger charge is -2.11. The number of carbonyl (C=O) groups is 1. The zero-order valence-electron chi connectivity index (χ0n) is 8.86. The first-order valence-electron chi connectivity index (χ1n) is 4.66. The number of aromatic nitrogens is 1. The van der Waals surface area contributed by atoms with Crippen LogP contribution in [0.25, 0.3) is 0 Å². The van der Waals surface area contributed by atoms with Crippen molar-refractivity contribution in [3.05, 3.63) is 23.9 Å². The molecule has 0 fully saturated rings. The number of pyridine rings is 1. The maximum absolute atomic E-state index is 11.6. The largest absolute Gasteiger partial charge is 0.383 e. The van der Waals surface area contributed by atoms with E-state index in [0.29, 0.717) is 12.1 Å². The number of nitrogens with one attached hydrogen (secondary N) is 1. The minimum absolute atomic E-state index is 0.0214. The van der Waals surface area contributed by atoms with Crippen LogP contribution in [0.3, 0.4) is 0 Å². The number of rotatable bonds is 4. The second-order valence-corrected chi connectivity index (χ2v) is 3.19. The molecule has 0 saturated carbocycles. The third-order valence-corrected chi connectivity index (χ3v) is 2.04. The standard InChI is InChI=1S/C10H15N3O2/c1-7(15-2)6-13-10(14)8-4-3-5-12-9(8)11/h3-5,7H,6H2,1-2H3,(H2,11,12)(H,13,14). The van der Waals surface area contributed by atoms with E-state index in [1.807, 2.05) is 6.92 Å². The van der Waals surface area contributed by atoms with Crippen LogP contribution in [0, 0.1) is 0 Å². The van der Waals surface area contributed by atoms with Gasteiger partial charge in [0.25, 0.3) is 5.91 Å². The normalized spacial score (nSPS) is 12.1. The van der Waals surface area contributed by atoms with Gasteiger partial charge in [0.1, 0.15) is 5.82 Å². The summed E-state index contributed by atoms with van der Waals surface area (Å²) in [5.41, 5.74) is 5.95. The van der Waals surface area contributed by atoms with Crippen molar-refractivity contribution in [2.75, 3.05) is 19.4 Å². The molecule has 0 aliphatic rings. The van der Waals surface area contributed by atoms with Gasteiger partial charge in [-0.25, -0.2) is 4.98 Å². The first kappa shape index (κ1) is 11.5. The molecule has 5 heteroatoms. The van der Waals surface area contributed by atoms with E-state index in [9.17, 15) is 4.79 Å². The Hall–Kier alpha value is -1.62. The first-order valence-corrected chi connectivity index (χ1v) is 4.66. The van der Waals surface area contributed by atoms with Crippen LogP contribution in [-0.4, -0.2) is 30.6 Å². The van der Waals surface area contributed by atoms with Crippen molar-refractivity contribution < 1.29 is 9.53 Å². The Morgan fingerprint density at radius 3 is 3.07 bits per heavy atom. The molecule has 1 aromatic rings. The van der Waals surface area contributed by atoms with Gasteiger partial charge < -0.3 is 15.8 Å². The van der Waals surface area contributed by atoms with Gasteiger partial charge in [0.15, 0.2) is 0 Å². The molecule has 1 atom stereocenters. The van der Waals surface area contributed by atoms with E-state index >= 15 is 0 Å². The van der Waals surface area contributed by atoms with Crippen molar-refractivity contribution in [1.29, 1.82) is 0 Å². The van der Waals surface area contributed by atoms with Crippen LogP contribution in [-0.2, 0) is 4.74 Å². The number of hydrogen-bond donors (Lipinski definition) is 2. The molecule has 0 aliphatic carbocycles. The van der Waals surface area contributed by atoms with Gasteiger partial charge in [-0.05, 0) is 19.1 Å². The number of amides is 1. The lowest BCUT2D eigenvalue weighted by molar-refractivity contribution is 0.0871. The van der Waals surface area contributed by atoms with Gasteiger partial charge in [-0.15, -0.1) is 0 Å². The lowest BCUT2D eigenvalue weighted by atomic mass is 10.2. The van der Waals surface area contributed by atoms with E-state index in [2.05, 4.69) is 10.3 Å². The Kier molecular flexibility index (Phi) is 4.05. The molecule has 0 saturated heterocycles. The van der Waals surface area contributed by atoms with Crippen LogP contribution in [0.2, 0.25) is 0 Å². The number of hydrogen-bond acceptors (Lipinski definition) is 4. The van der Waals surface area contributed by atoms with Crippen LogP contribution in [0.1, 0.15) is 17.3 Å². The van der Waals surface area contributed by atoms with Gasteiger partial charge in [-0.1, -0.05) is 0 Å². The lowest BCUT2D eigenvalue weighted by Crippen LogP contribution is -2.32. The zero-order valence-corrected chi connectivity index (χ0v) is 8.86. The molecule has 0 aromatic carbocycles. The number of carbonyl (C=O) groups excluding carboxylic acids is 1. The van der Waals surface area contributed by atoms with Crippen LogP contribution in [0.5, 0.6) is 0 Å². The Labute approximate surface area is 88.6 Å². The Balaban J connectivity index is 2.58. The molecule has 0 aliphatic heterocycles. The van der Waals surface area contributed by atoms with Gasteiger partial charge >= 0.3 is 0 Å². The zero-order chi connectivity index (χ0) is 11.3. The maximum atomic E-state index is 11.6. The van der Waals surface area contributed by atoms with Gasteiger partial charge in [0.2, 0.25) is 0 Å². The van der Waals surface area contributed by atoms with Crippen molar-refractivity contribution in [2.24, 2.45) is 0 Å². The summed E-state index contributed by atoms with van der Waals surface area (Å²) < 4.78 is 5.01. The summed E-state index contributed by atoms with van der Waals surface area (Å²) in [4.78, 5) is 15.4. The highest BCUT2D eigenvalue weighted by Crippen LogP contribution is 2.05. The fraction of sp³-hybridized carbons (Fsp3) is 0.400.